The van der Waals surface area contributed by atoms with Gasteiger partial charge in [0, 0.05) is 10.9 Å². The van der Waals surface area contributed by atoms with Crippen LogP contribution in [0.15, 0.2) is 65.5 Å². The number of methoxy groups -OCH3 is 2. The molecule has 0 fully saturated rings. The van der Waals surface area contributed by atoms with Crippen LogP contribution in [0, 0.1) is 0 Å². The molecule has 0 radical (unpaired) electrons. The zero-order valence-electron chi connectivity index (χ0n) is 25.9. The number of H-pyrrole nitrogens is 1. The molecule has 2 heterocycles. The van der Waals surface area contributed by atoms with E-state index in [-0.39, 0.29) is 42.9 Å². The highest BCUT2D eigenvalue weighted by Crippen LogP contribution is 2.32. The number of anilines is 2. The summed E-state index contributed by atoms with van der Waals surface area (Å²) in [5.41, 5.74) is 2.29. The monoisotopic (exact) mass is 860 g/mol. The Bertz CT molecular complexity index is 1790. The number of hydroxylamine groups is 2. The minimum atomic E-state index is -0.671. The normalized spacial score (nSPS) is 10.1. The van der Waals surface area contributed by atoms with E-state index in [4.69, 9.17) is 84.0 Å². The summed E-state index contributed by atoms with van der Waals surface area (Å²) < 4.78 is 14.9. The number of ether oxygens (including phenoxy) is 3. The Morgan fingerprint density at radius 2 is 1.22 bits per heavy atom. The molecule has 0 spiro atoms. The van der Waals surface area contributed by atoms with Crippen LogP contribution in [-0.4, -0.2) is 50.6 Å². The molecule has 0 aliphatic heterocycles. The maximum Gasteiger partial charge on any atom is 0.438 e. The summed E-state index contributed by atoms with van der Waals surface area (Å²) in [6.07, 6.45) is -1.22. The van der Waals surface area contributed by atoms with Gasteiger partial charge in [-0.15, -0.1) is 0 Å². The molecule has 19 heteroatoms. The lowest BCUT2D eigenvalue weighted by atomic mass is 10.2. The van der Waals surface area contributed by atoms with Gasteiger partial charge in [0.1, 0.15) is 21.8 Å². The van der Waals surface area contributed by atoms with E-state index < -0.39 is 17.7 Å². The van der Waals surface area contributed by atoms with Crippen LogP contribution >= 0.6 is 85.5 Å². The Balaban J connectivity index is 0.000000283. The Hall–Kier alpha value is -2.98. The number of hydrogen-bond donors (Lipinski definition) is 1. The van der Waals surface area contributed by atoms with Gasteiger partial charge >= 0.3 is 12.2 Å². The van der Waals surface area contributed by atoms with Crippen molar-refractivity contribution in [1.82, 2.24) is 9.97 Å². The molecule has 49 heavy (non-hydrogen) atoms. The highest BCUT2D eigenvalue weighted by Gasteiger charge is 2.20. The van der Waals surface area contributed by atoms with Gasteiger partial charge in [0.2, 0.25) is 5.88 Å². The van der Waals surface area contributed by atoms with Crippen LogP contribution in [-0.2, 0) is 31.1 Å². The van der Waals surface area contributed by atoms with Gasteiger partial charge in [-0.25, -0.2) is 9.59 Å². The van der Waals surface area contributed by atoms with Crippen molar-refractivity contribution in [3.8, 4) is 5.88 Å². The number of nitrogens with one attached hydrogen (secondary N) is 1. The molecule has 0 aliphatic rings. The maximum absolute atomic E-state index is 11.8. The maximum atomic E-state index is 11.8. The molecule has 0 saturated carbocycles. The second kappa shape index (κ2) is 21.3. The van der Waals surface area contributed by atoms with E-state index in [0.717, 1.165) is 15.7 Å². The summed E-state index contributed by atoms with van der Waals surface area (Å²) in [6, 6.07) is 17.1. The van der Waals surface area contributed by atoms with Gasteiger partial charge in [0.25, 0.3) is 5.56 Å². The number of aromatic nitrogens is 2. The fraction of sp³-hybridized carbons (Fsp3) is 0.200. The van der Waals surface area contributed by atoms with Crippen LogP contribution in [0.3, 0.4) is 0 Å². The van der Waals surface area contributed by atoms with Crippen molar-refractivity contribution in [2.75, 3.05) is 38.6 Å². The summed E-state index contributed by atoms with van der Waals surface area (Å²) in [7, 11) is 5.34. The molecule has 4 rings (SSSR count). The number of para-hydroxylation sites is 2. The van der Waals surface area contributed by atoms with E-state index in [1.165, 1.54) is 40.6 Å². The van der Waals surface area contributed by atoms with Gasteiger partial charge in [0.05, 0.1) is 49.9 Å². The lowest BCUT2D eigenvalue weighted by molar-refractivity contribution is 0.115. The number of halogens is 7. The number of nitrogens with zero attached hydrogens (tertiary/aromatic N) is 3. The van der Waals surface area contributed by atoms with Crippen molar-refractivity contribution in [2.45, 2.75) is 11.9 Å². The highest BCUT2D eigenvalue weighted by molar-refractivity contribution is 9.08. The van der Waals surface area contributed by atoms with Crippen LogP contribution in [0.4, 0.5) is 21.0 Å². The number of aromatic amines is 1. The number of pyridine rings is 2. The van der Waals surface area contributed by atoms with Gasteiger partial charge in [-0.05, 0) is 29.8 Å². The van der Waals surface area contributed by atoms with Crippen LogP contribution in [0.1, 0.15) is 11.1 Å². The molecular formula is C30H27BrCl6N4O8. The van der Waals surface area contributed by atoms with Gasteiger partial charge in [-0.1, -0.05) is 122 Å². The number of benzene rings is 2. The zero-order chi connectivity index (χ0) is 36.7. The van der Waals surface area contributed by atoms with Crippen molar-refractivity contribution in [3.63, 3.8) is 0 Å². The fourth-order valence-electron chi connectivity index (χ4n) is 3.50. The van der Waals surface area contributed by atoms with Crippen molar-refractivity contribution in [3.05, 3.63) is 113 Å². The molecule has 0 unspecified atom stereocenters. The van der Waals surface area contributed by atoms with Gasteiger partial charge in [-0.3, -0.25) is 14.5 Å². The third-order valence-electron chi connectivity index (χ3n) is 5.73. The molecule has 0 saturated heterocycles. The van der Waals surface area contributed by atoms with E-state index in [2.05, 4.69) is 35.4 Å². The van der Waals surface area contributed by atoms with Crippen LogP contribution in [0.2, 0.25) is 30.4 Å². The molecule has 12 nitrogen and oxygen atoms in total. The standard InChI is InChI=1S/C15H13Cl3N2O4.C10H12BrNO3.C5H2Cl3NO/c1-22-15(21)20(23-2)12-6-4-3-5-9(12)8-24-14-11(17)7-10(16)13(18)19-14;1-14-10(13)12(15-2)9-6-4-3-5-8(9)7-11;6-2-1-3(7)5(10)9-4(2)8/h3-7H,8H2,1-2H3;3-6H,7H2,1-2H3;1H,(H,9,10). The first-order valence-corrected chi connectivity index (χ1v) is 16.7. The predicted molar refractivity (Wildman–Crippen MR) is 195 cm³/mol. The summed E-state index contributed by atoms with van der Waals surface area (Å²) >= 11 is 37.4. The fourth-order valence-corrected chi connectivity index (χ4v) is 5.02. The predicted octanol–water partition coefficient (Wildman–Crippen LogP) is 9.81. The number of hydrogen-bond acceptors (Lipinski definition) is 9. The molecule has 2 aromatic heterocycles. The second-order valence-electron chi connectivity index (χ2n) is 8.73. The zero-order valence-corrected chi connectivity index (χ0v) is 32.1. The van der Waals surface area contributed by atoms with Crippen molar-refractivity contribution < 1.29 is 33.5 Å². The Kier molecular flexibility index (Phi) is 18.3. The van der Waals surface area contributed by atoms with Crippen LogP contribution in [0.5, 0.6) is 5.88 Å². The van der Waals surface area contributed by atoms with Crippen molar-refractivity contribution >= 4 is 109 Å². The number of amides is 2. The number of alkyl halides is 1. The lowest BCUT2D eigenvalue weighted by Crippen LogP contribution is -2.30. The quantitative estimate of drug-likeness (QED) is 0.104. The van der Waals surface area contributed by atoms with E-state index in [9.17, 15) is 14.4 Å². The Labute approximate surface area is 319 Å². The molecule has 1 N–H and O–H groups in total. The molecule has 4 aromatic rings. The summed E-state index contributed by atoms with van der Waals surface area (Å²) in [6.45, 7) is 0.0672. The van der Waals surface area contributed by atoms with Crippen molar-refractivity contribution in [1.29, 1.82) is 0 Å². The minimum absolute atomic E-state index is 0.0365. The summed E-state index contributed by atoms with van der Waals surface area (Å²) in [5.74, 6) is 0.128. The lowest BCUT2D eigenvalue weighted by Gasteiger charge is -2.21. The SMILES string of the molecule is COC(=O)N(OC)c1ccccc1CBr.COC(=O)N(OC)c1ccccc1COc1nc(Cl)c(Cl)cc1Cl.O=c1[nH]c(Cl)c(Cl)cc1Cl. The molecule has 2 amide bonds. The van der Waals surface area contributed by atoms with Gasteiger partial charge in [0.15, 0.2) is 5.15 Å². The molecular weight excluding hydrogens is 837 g/mol. The number of carbonyl (C=O) groups is 2. The highest BCUT2D eigenvalue weighted by atomic mass is 79.9. The number of rotatable bonds is 8. The number of carbonyl (C=O) groups excluding carboxylic acids is 2. The van der Waals surface area contributed by atoms with E-state index in [0.29, 0.717) is 22.3 Å². The van der Waals surface area contributed by atoms with Gasteiger partial charge < -0.3 is 19.2 Å². The first-order chi connectivity index (χ1) is 23.3. The third kappa shape index (κ3) is 12.4. The molecule has 0 atom stereocenters. The van der Waals surface area contributed by atoms with E-state index in [1.807, 2.05) is 18.2 Å². The largest absolute Gasteiger partial charge is 0.472 e. The summed E-state index contributed by atoms with van der Waals surface area (Å²) in [5, 5.41) is 3.66. The van der Waals surface area contributed by atoms with Crippen LogP contribution in [0.25, 0.3) is 0 Å². The minimum Gasteiger partial charge on any atom is -0.472 e. The van der Waals surface area contributed by atoms with Gasteiger partial charge in [-0.2, -0.15) is 15.1 Å². The topological polar surface area (TPSA) is 133 Å². The molecule has 2 aromatic carbocycles. The van der Waals surface area contributed by atoms with E-state index in [1.54, 1.807) is 30.3 Å². The molecule has 0 bridgehead atoms. The van der Waals surface area contributed by atoms with Crippen LogP contribution < -0.4 is 20.4 Å². The molecule has 264 valence electrons. The van der Waals surface area contributed by atoms with Crippen molar-refractivity contribution in [2.24, 2.45) is 0 Å². The van der Waals surface area contributed by atoms with E-state index >= 15 is 0 Å². The average Bonchev–Trinajstić information content (AvgIpc) is 3.10. The Morgan fingerprint density at radius 3 is 1.71 bits per heavy atom. The smallest absolute Gasteiger partial charge is 0.438 e. The second-order valence-corrected chi connectivity index (χ2v) is 11.7. The first-order valence-electron chi connectivity index (χ1n) is 13.3. The average molecular weight is 864 g/mol. The first kappa shape index (κ1) is 42.2. The third-order valence-corrected chi connectivity index (χ3v) is 8.25. The summed E-state index contributed by atoms with van der Waals surface area (Å²) in [4.78, 5) is 50.1. The molecule has 0 aliphatic carbocycles. The Morgan fingerprint density at radius 1 is 0.735 bits per heavy atom.